The number of hydrogen-bond acceptors (Lipinski definition) is 2. The molecule has 0 spiro atoms. The Bertz CT molecular complexity index is 264. The first-order valence-electron chi connectivity index (χ1n) is 6.12. The van der Waals surface area contributed by atoms with Gasteiger partial charge in [-0.15, -0.1) is 0 Å². The molecule has 1 saturated heterocycles. The summed E-state index contributed by atoms with van der Waals surface area (Å²) in [5.41, 5.74) is 0. The van der Waals surface area contributed by atoms with Crippen LogP contribution in [0.15, 0.2) is 0 Å². The van der Waals surface area contributed by atoms with Gasteiger partial charge in [-0.1, -0.05) is 20.8 Å². The van der Waals surface area contributed by atoms with Gasteiger partial charge in [-0.25, -0.2) is 0 Å². The lowest BCUT2D eigenvalue weighted by molar-refractivity contribution is -0.133. The van der Waals surface area contributed by atoms with Crippen molar-refractivity contribution in [1.29, 1.82) is 0 Å². The highest BCUT2D eigenvalue weighted by Crippen LogP contribution is 2.11. The predicted molar refractivity (Wildman–Crippen MR) is 62.9 cm³/mol. The van der Waals surface area contributed by atoms with E-state index in [1.807, 2.05) is 25.7 Å². The average molecular weight is 226 g/mol. The molecule has 1 unspecified atom stereocenters. The zero-order valence-electron chi connectivity index (χ0n) is 10.5. The molecule has 4 heteroatoms. The first-order chi connectivity index (χ1) is 7.54. The van der Waals surface area contributed by atoms with Crippen molar-refractivity contribution in [3.05, 3.63) is 0 Å². The third-order valence-corrected chi connectivity index (χ3v) is 2.95. The smallest absolute Gasteiger partial charge is 0.222 e. The minimum Gasteiger partial charge on any atom is -0.351 e. The summed E-state index contributed by atoms with van der Waals surface area (Å²) in [6.45, 7) is 7.14. The summed E-state index contributed by atoms with van der Waals surface area (Å²) in [4.78, 5) is 24.9. The molecule has 0 saturated carbocycles. The van der Waals surface area contributed by atoms with E-state index >= 15 is 0 Å². The number of likely N-dealkylation sites (tertiary alicyclic amines) is 1. The Labute approximate surface area is 97.4 Å². The Balaban J connectivity index is 2.44. The van der Waals surface area contributed by atoms with Gasteiger partial charge in [0.25, 0.3) is 0 Å². The maximum Gasteiger partial charge on any atom is 0.222 e. The second-order valence-electron chi connectivity index (χ2n) is 4.70. The van der Waals surface area contributed by atoms with Crippen molar-refractivity contribution in [3.63, 3.8) is 0 Å². The quantitative estimate of drug-likeness (QED) is 0.785. The number of nitrogens with one attached hydrogen (secondary N) is 1. The van der Waals surface area contributed by atoms with Gasteiger partial charge < -0.3 is 10.2 Å². The van der Waals surface area contributed by atoms with Crippen LogP contribution in [0.25, 0.3) is 0 Å². The van der Waals surface area contributed by atoms with Gasteiger partial charge in [0.1, 0.15) is 0 Å². The first kappa shape index (κ1) is 13.0. The third-order valence-electron chi connectivity index (χ3n) is 2.95. The number of amides is 2. The van der Waals surface area contributed by atoms with Gasteiger partial charge in [-0.3, -0.25) is 9.59 Å². The normalized spacial score (nSPS) is 21.0. The van der Waals surface area contributed by atoms with Crippen LogP contribution in [0.4, 0.5) is 0 Å². The van der Waals surface area contributed by atoms with Crippen LogP contribution >= 0.6 is 0 Å². The monoisotopic (exact) mass is 226 g/mol. The number of hydrogen-bond donors (Lipinski definition) is 1. The summed E-state index contributed by atoms with van der Waals surface area (Å²) in [7, 11) is 0. The summed E-state index contributed by atoms with van der Waals surface area (Å²) >= 11 is 0. The van der Waals surface area contributed by atoms with Crippen LogP contribution in [0.5, 0.6) is 0 Å². The van der Waals surface area contributed by atoms with E-state index < -0.39 is 0 Å². The maximum absolute atomic E-state index is 11.5. The molecule has 1 N–H and O–H groups in total. The number of nitrogens with zero attached hydrogens (tertiary/aromatic N) is 1. The number of rotatable bonds is 3. The number of piperidine rings is 1. The van der Waals surface area contributed by atoms with Crippen LogP contribution < -0.4 is 5.32 Å². The molecule has 16 heavy (non-hydrogen) atoms. The summed E-state index contributed by atoms with van der Waals surface area (Å²) in [6.07, 6.45) is 2.51. The molecule has 1 fully saturated rings. The molecule has 0 aromatic rings. The number of carbonyl (C=O) groups is 2. The van der Waals surface area contributed by atoms with Gasteiger partial charge in [0.05, 0.1) is 0 Å². The minimum absolute atomic E-state index is 0.0113. The van der Waals surface area contributed by atoms with E-state index in [1.165, 1.54) is 0 Å². The van der Waals surface area contributed by atoms with E-state index in [1.54, 1.807) is 0 Å². The highest BCUT2D eigenvalue weighted by molar-refractivity contribution is 5.78. The van der Waals surface area contributed by atoms with Crippen LogP contribution in [0.1, 0.15) is 40.0 Å². The largest absolute Gasteiger partial charge is 0.351 e. The lowest BCUT2D eigenvalue weighted by Gasteiger charge is -2.33. The van der Waals surface area contributed by atoms with Gasteiger partial charge in [-0.2, -0.15) is 0 Å². The Kier molecular flexibility index (Phi) is 4.77. The van der Waals surface area contributed by atoms with E-state index in [2.05, 4.69) is 5.32 Å². The summed E-state index contributed by atoms with van der Waals surface area (Å²) in [5.74, 6) is 0.275. The maximum atomic E-state index is 11.5. The highest BCUT2D eigenvalue weighted by Gasteiger charge is 2.24. The van der Waals surface area contributed by atoms with Crippen molar-refractivity contribution in [3.8, 4) is 0 Å². The van der Waals surface area contributed by atoms with Crippen molar-refractivity contribution in [2.45, 2.75) is 46.1 Å². The molecule has 0 bridgehead atoms. The fourth-order valence-electron chi connectivity index (χ4n) is 1.91. The molecule has 0 radical (unpaired) electrons. The van der Waals surface area contributed by atoms with E-state index in [0.29, 0.717) is 13.0 Å². The SMILES string of the molecule is CCC(=O)N1CCCC(NC(=O)C(C)C)C1. The zero-order chi connectivity index (χ0) is 12.1. The Morgan fingerprint density at radius 2 is 2.12 bits per heavy atom. The Morgan fingerprint density at radius 1 is 1.44 bits per heavy atom. The number of carbonyl (C=O) groups excluding carboxylic acids is 2. The average Bonchev–Trinajstić information content (AvgIpc) is 2.28. The van der Waals surface area contributed by atoms with Crippen molar-refractivity contribution in [1.82, 2.24) is 10.2 Å². The summed E-state index contributed by atoms with van der Waals surface area (Å²) in [5, 5.41) is 2.99. The second kappa shape index (κ2) is 5.87. The topological polar surface area (TPSA) is 49.4 Å². The van der Waals surface area contributed by atoms with Crippen molar-refractivity contribution in [2.24, 2.45) is 5.92 Å². The molecule has 92 valence electrons. The van der Waals surface area contributed by atoms with Gasteiger partial charge in [0.2, 0.25) is 11.8 Å². The van der Waals surface area contributed by atoms with Gasteiger partial charge in [0, 0.05) is 31.5 Å². The summed E-state index contributed by atoms with van der Waals surface area (Å²) < 4.78 is 0. The predicted octanol–water partition coefficient (Wildman–Crippen LogP) is 1.16. The van der Waals surface area contributed by atoms with Crippen LogP contribution in [0.3, 0.4) is 0 Å². The standard InChI is InChI=1S/C12H22N2O2/c1-4-11(15)14-7-5-6-10(8-14)13-12(16)9(2)3/h9-10H,4-8H2,1-3H3,(H,13,16). The van der Waals surface area contributed by atoms with E-state index in [-0.39, 0.29) is 23.8 Å². The first-order valence-corrected chi connectivity index (χ1v) is 6.12. The molecule has 1 heterocycles. The molecule has 4 nitrogen and oxygen atoms in total. The van der Waals surface area contributed by atoms with Crippen molar-refractivity contribution < 1.29 is 9.59 Å². The molecule has 1 aliphatic rings. The molecule has 1 aliphatic heterocycles. The Morgan fingerprint density at radius 3 is 2.69 bits per heavy atom. The molecular formula is C12H22N2O2. The third kappa shape index (κ3) is 3.51. The van der Waals surface area contributed by atoms with E-state index in [4.69, 9.17) is 0 Å². The molecule has 0 aromatic carbocycles. The molecule has 0 aromatic heterocycles. The van der Waals surface area contributed by atoms with Crippen LogP contribution in [-0.2, 0) is 9.59 Å². The minimum atomic E-state index is 0.0113. The van der Waals surface area contributed by atoms with Crippen LogP contribution in [-0.4, -0.2) is 35.8 Å². The second-order valence-corrected chi connectivity index (χ2v) is 4.70. The van der Waals surface area contributed by atoms with Gasteiger partial charge in [-0.05, 0) is 12.8 Å². The molecular weight excluding hydrogens is 204 g/mol. The molecule has 0 aliphatic carbocycles. The van der Waals surface area contributed by atoms with E-state index in [9.17, 15) is 9.59 Å². The zero-order valence-corrected chi connectivity index (χ0v) is 10.5. The van der Waals surface area contributed by atoms with Crippen LogP contribution in [0.2, 0.25) is 0 Å². The van der Waals surface area contributed by atoms with Crippen molar-refractivity contribution in [2.75, 3.05) is 13.1 Å². The van der Waals surface area contributed by atoms with Crippen molar-refractivity contribution >= 4 is 11.8 Å². The highest BCUT2D eigenvalue weighted by atomic mass is 16.2. The molecule has 1 rings (SSSR count). The summed E-state index contributed by atoms with van der Waals surface area (Å²) in [6, 6.07) is 0.138. The lowest BCUT2D eigenvalue weighted by Crippen LogP contribution is -2.50. The Hall–Kier alpha value is -1.06. The molecule has 1 atom stereocenters. The lowest BCUT2D eigenvalue weighted by atomic mass is 10.0. The fourth-order valence-corrected chi connectivity index (χ4v) is 1.91. The molecule has 2 amide bonds. The fraction of sp³-hybridized carbons (Fsp3) is 0.833. The van der Waals surface area contributed by atoms with E-state index in [0.717, 1.165) is 19.4 Å². The van der Waals surface area contributed by atoms with Crippen LogP contribution in [0, 0.1) is 5.92 Å². The van der Waals surface area contributed by atoms with Gasteiger partial charge >= 0.3 is 0 Å². The van der Waals surface area contributed by atoms with Gasteiger partial charge in [0.15, 0.2) is 0 Å².